The number of terminal acetylenes is 1. The Kier molecular flexibility index (Phi) is 34.3. The Morgan fingerprint density at radius 3 is 1.40 bits per heavy atom. The fraction of sp³-hybridized carbons (Fsp3) is 0.484. The first-order valence-corrected chi connectivity index (χ1v) is 15.3. The van der Waals surface area contributed by atoms with Crippen molar-refractivity contribution in [1.82, 2.24) is 0 Å². The molecule has 0 unspecified atom stereocenters. The Hall–Kier alpha value is -2.79. The largest absolute Gasteiger partial charge is 0.399 e. The molecule has 2 aromatic rings. The molecule has 0 heterocycles. The number of hydrogen-bond donors (Lipinski definition) is 8. The summed E-state index contributed by atoms with van der Waals surface area (Å²) in [4.78, 5) is 0. The van der Waals surface area contributed by atoms with E-state index in [-0.39, 0.29) is 12.3 Å². The normalized spacial score (nSPS) is 9.67. The lowest BCUT2D eigenvalue weighted by Crippen LogP contribution is -2.13. The first-order chi connectivity index (χ1) is 19.6. The van der Waals surface area contributed by atoms with E-state index in [1.807, 2.05) is 24.3 Å². The second-order valence-corrected chi connectivity index (χ2v) is 11.5. The van der Waals surface area contributed by atoms with Crippen LogP contribution >= 0.6 is 0 Å². The van der Waals surface area contributed by atoms with Crippen molar-refractivity contribution in [2.24, 2.45) is 39.8 Å². The van der Waals surface area contributed by atoms with Crippen LogP contribution in [0.15, 0.2) is 61.2 Å². The summed E-state index contributed by atoms with van der Waals surface area (Å²) in [5, 5.41) is 0. The summed E-state index contributed by atoms with van der Waals surface area (Å²) in [7, 11) is -3.80. The summed E-state index contributed by atoms with van der Waals surface area (Å²) in [5.41, 5.74) is 41.2. The number of anilines is 1. The molecular weight excluding hydrogens is 550 g/mol. The monoisotopic (exact) mass is 609 g/mol. The van der Waals surface area contributed by atoms with Gasteiger partial charge >= 0.3 is 0 Å². The first kappa shape index (κ1) is 46.2. The van der Waals surface area contributed by atoms with E-state index in [1.165, 1.54) is 16.7 Å². The number of nitrogen functional groups attached to an aromatic ring is 1. The fourth-order valence-corrected chi connectivity index (χ4v) is 2.65. The molecule has 0 bridgehead atoms. The van der Waals surface area contributed by atoms with Crippen molar-refractivity contribution in [3.8, 4) is 12.3 Å². The highest BCUT2D eigenvalue weighted by Crippen LogP contribution is 2.16. The van der Waals surface area contributed by atoms with Gasteiger partial charge in [-0.25, -0.2) is 0 Å². The number of aryl methyl sites for hydroxylation is 1. The Morgan fingerprint density at radius 2 is 1.21 bits per heavy atom. The molecule has 10 nitrogen and oxygen atoms in total. The van der Waals surface area contributed by atoms with Crippen LogP contribution in [0.5, 0.6) is 0 Å². The van der Waals surface area contributed by atoms with Gasteiger partial charge in [-0.3, -0.25) is 4.55 Å². The van der Waals surface area contributed by atoms with Crippen LogP contribution in [0.25, 0.3) is 0 Å². The average molecular weight is 610 g/mol. The molecule has 2 aromatic carbocycles. The standard InChI is InChI=1S/C9H13N.C8H12N2.C6H15N.C3H7N.C3H5N.C2H7NO3S/c1-8-2-4-9(5-3-8)6-7-10;9-6-5-7-1-3-8(10)4-2-7;1-6(2,3)4-5-7;2*1-2-3-4;3-1-2-7(4,5)6/h2-5H,6-7,10H2,1H3;1-4H,5-6,9-10H2;4-5,7H2,1-3H3;2H,1,3-4H2;1H,3-4H2;1-3H2,(H,4,5,6). The summed E-state index contributed by atoms with van der Waals surface area (Å²) >= 11 is 0. The van der Waals surface area contributed by atoms with Crippen molar-refractivity contribution in [3.05, 3.63) is 77.9 Å². The van der Waals surface area contributed by atoms with Crippen LogP contribution in [0.3, 0.4) is 0 Å². The minimum absolute atomic E-state index is 0.0289. The quantitative estimate of drug-likeness (QED) is 0.0939. The van der Waals surface area contributed by atoms with Gasteiger partial charge in [-0.2, -0.15) is 8.42 Å². The highest BCUT2D eigenvalue weighted by molar-refractivity contribution is 7.85. The molecule has 0 spiro atoms. The zero-order valence-electron chi connectivity index (χ0n) is 26.3. The molecule has 0 amide bonds. The Morgan fingerprint density at radius 1 is 0.833 bits per heavy atom. The first-order valence-electron chi connectivity index (χ1n) is 13.7. The molecule has 0 saturated heterocycles. The maximum absolute atomic E-state index is 9.71. The zero-order chi connectivity index (χ0) is 33.5. The van der Waals surface area contributed by atoms with E-state index in [0.717, 1.165) is 38.0 Å². The van der Waals surface area contributed by atoms with E-state index in [1.54, 1.807) is 6.08 Å². The smallest absolute Gasteiger partial charge is 0.266 e. The molecule has 0 atom stereocenters. The van der Waals surface area contributed by atoms with Gasteiger partial charge in [0.05, 0.1) is 12.3 Å². The van der Waals surface area contributed by atoms with Gasteiger partial charge in [0.1, 0.15) is 0 Å². The van der Waals surface area contributed by atoms with E-state index in [4.69, 9.17) is 44.7 Å². The van der Waals surface area contributed by atoms with Crippen molar-refractivity contribution in [2.75, 3.05) is 50.8 Å². The summed E-state index contributed by atoms with van der Waals surface area (Å²) in [6.07, 6.45) is 9.34. The van der Waals surface area contributed by atoms with Crippen LogP contribution in [0.2, 0.25) is 0 Å². The van der Waals surface area contributed by atoms with Gasteiger partial charge in [0, 0.05) is 18.8 Å². The highest BCUT2D eigenvalue weighted by atomic mass is 32.2. The van der Waals surface area contributed by atoms with Crippen molar-refractivity contribution in [1.29, 1.82) is 0 Å². The number of hydrogen-bond acceptors (Lipinski definition) is 9. The summed E-state index contributed by atoms with van der Waals surface area (Å²) < 4.78 is 27.3. The minimum Gasteiger partial charge on any atom is -0.399 e. The molecule has 0 aliphatic rings. The van der Waals surface area contributed by atoms with Crippen LogP contribution in [0.1, 0.15) is 43.9 Å². The molecule has 15 N–H and O–H groups in total. The maximum atomic E-state index is 9.71. The molecule has 0 aliphatic carbocycles. The highest BCUT2D eigenvalue weighted by Gasteiger charge is 2.06. The van der Waals surface area contributed by atoms with Gasteiger partial charge in [-0.05, 0) is 74.5 Å². The van der Waals surface area contributed by atoms with E-state index >= 15 is 0 Å². The molecule has 0 radical (unpaired) electrons. The predicted molar refractivity (Wildman–Crippen MR) is 183 cm³/mol. The van der Waals surface area contributed by atoms with Gasteiger partial charge in [0.2, 0.25) is 0 Å². The lowest BCUT2D eigenvalue weighted by atomic mass is 9.93. The van der Waals surface area contributed by atoms with Crippen molar-refractivity contribution in [3.63, 3.8) is 0 Å². The van der Waals surface area contributed by atoms with Crippen molar-refractivity contribution in [2.45, 2.75) is 47.0 Å². The Labute approximate surface area is 256 Å². The van der Waals surface area contributed by atoms with Crippen LogP contribution in [0, 0.1) is 24.7 Å². The van der Waals surface area contributed by atoms with Crippen LogP contribution in [-0.4, -0.2) is 58.0 Å². The number of nitrogens with two attached hydrogens (primary N) is 7. The van der Waals surface area contributed by atoms with Gasteiger partial charge in [0.15, 0.2) is 0 Å². The fourth-order valence-electron chi connectivity index (χ4n) is 2.35. The average Bonchev–Trinajstić information content (AvgIpc) is 2.92. The molecule has 242 valence electrons. The second-order valence-electron chi connectivity index (χ2n) is 9.91. The number of rotatable bonds is 8. The molecule has 0 fully saturated rings. The molecular formula is C31H59N7O3S. The topological polar surface area (TPSA) is 237 Å². The van der Waals surface area contributed by atoms with E-state index in [9.17, 15) is 8.42 Å². The van der Waals surface area contributed by atoms with Gasteiger partial charge in [0.25, 0.3) is 10.1 Å². The third kappa shape index (κ3) is 44.2. The lowest BCUT2D eigenvalue weighted by Gasteiger charge is -2.15. The molecule has 0 saturated carbocycles. The molecule has 42 heavy (non-hydrogen) atoms. The van der Waals surface area contributed by atoms with Crippen LogP contribution < -0.4 is 40.1 Å². The van der Waals surface area contributed by atoms with E-state index in [0.29, 0.717) is 25.0 Å². The number of benzene rings is 2. The predicted octanol–water partition coefficient (Wildman–Crippen LogP) is 2.19. The Bertz CT molecular complexity index is 953. The van der Waals surface area contributed by atoms with E-state index < -0.39 is 10.1 Å². The van der Waals surface area contributed by atoms with Gasteiger partial charge < -0.3 is 40.1 Å². The van der Waals surface area contributed by atoms with Crippen LogP contribution in [0.4, 0.5) is 5.69 Å². The lowest BCUT2D eigenvalue weighted by molar-refractivity contribution is 0.385. The summed E-state index contributed by atoms with van der Waals surface area (Å²) in [5.74, 6) is 1.85. The minimum atomic E-state index is -3.80. The molecule has 11 heteroatoms. The zero-order valence-corrected chi connectivity index (χ0v) is 27.1. The summed E-state index contributed by atoms with van der Waals surface area (Å²) in [6, 6.07) is 16.3. The third-order valence-electron chi connectivity index (χ3n) is 4.52. The second kappa shape index (κ2) is 31.2. The van der Waals surface area contributed by atoms with Crippen molar-refractivity contribution >= 4 is 15.8 Å². The SMILES string of the molecule is C#CCN.C=CCN.CC(C)(C)CCN.Cc1ccc(CCN)cc1.NCCS(=O)(=O)O.NCCc1ccc(N)cc1. The third-order valence-corrected chi connectivity index (χ3v) is 5.27. The van der Waals surface area contributed by atoms with E-state index in [2.05, 4.69) is 70.9 Å². The van der Waals surface area contributed by atoms with Crippen molar-refractivity contribution < 1.29 is 13.0 Å². The van der Waals surface area contributed by atoms with Gasteiger partial charge in [-0.15, -0.1) is 13.0 Å². The summed E-state index contributed by atoms with van der Waals surface area (Å²) in [6.45, 7) is 15.2. The van der Waals surface area contributed by atoms with Gasteiger partial charge in [-0.1, -0.05) is 74.7 Å². The molecule has 2 rings (SSSR count). The molecule has 0 aliphatic heterocycles. The maximum Gasteiger partial charge on any atom is 0.266 e. The Balaban J connectivity index is -0.000000214. The molecule has 0 aromatic heterocycles. The van der Waals surface area contributed by atoms with Crippen LogP contribution in [-0.2, 0) is 23.0 Å².